The molecule has 3 heterocycles. The van der Waals surface area contributed by atoms with Crippen LogP contribution >= 0.6 is 0 Å². The van der Waals surface area contributed by atoms with Gasteiger partial charge < -0.3 is 14.0 Å². The second-order valence-corrected chi connectivity index (χ2v) is 19.4. The second kappa shape index (κ2) is 13.4. The Morgan fingerprint density at radius 3 is 1.59 bits per heavy atom. The minimum absolute atomic E-state index is 0.328. The molecule has 0 bridgehead atoms. The molecule has 59 heavy (non-hydrogen) atoms. The highest BCUT2D eigenvalue weighted by molar-refractivity contribution is 7.20. The normalized spacial score (nSPS) is 12.6. The summed E-state index contributed by atoms with van der Waals surface area (Å²) in [7, 11) is -2.77. The van der Waals surface area contributed by atoms with Crippen molar-refractivity contribution in [1.29, 1.82) is 0 Å². The molecule has 2 aliphatic heterocycles. The number of benzene rings is 9. The fourth-order valence-electron chi connectivity index (χ4n) is 9.83. The van der Waals surface area contributed by atoms with Crippen LogP contribution in [0.1, 0.15) is 0 Å². The Labute approximate surface area is 344 Å². The van der Waals surface area contributed by atoms with Crippen molar-refractivity contribution in [2.24, 2.45) is 0 Å². The van der Waals surface area contributed by atoms with Gasteiger partial charge in [0.05, 0.1) is 11.0 Å². The van der Waals surface area contributed by atoms with E-state index >= 15 is 0 Å². The van der Waals surface area contributed by atoms with Crippen molar-refractivity contribution in [3.8, 4) is 45.2 Å². The number of ether oxygens (including phenoxy) is 1. The number of nitrogens with zero attached hydrogens (tertiary/aromatic N) is 1. The summed E-state index contributed by atoms with van der Waals surface area (Å²) in [6.07, 6.45) is 0. The molecular weight excluding hydrogens is 733 g/mol. The van der Waals surface area contributed by atoms with E-state index in [9.17, 15) is 0 Å². The first-order valence-corrected chi connectivity index (χ1v) is 22.3. The van der Waals surface area contributed by atoms with Crippen LogP contribution < -0.4 is 41.1 Å². The highest BCUT2D eigenvalue weighted by atomic mass is 28.3. The summed E-state index contributed by atoms with van der Waals surface area (Å²) in [6, 6.07) is 79.3. The average Bonchev–Trinajstić information content (AvgIpc) is 3.65. The van der Waals surface area contributed by atoms with Gasteiger partial charge in [-0.15, -0.1) is 0 Å². The Morgan fingerprint density at radius 1 is 0.390 bits per heavy atom. The first-order valence-electron chi connectivity index (χ1n) is 20.3. The van der Waals surface area contributed by atoms with Gasteiger partial charge in [-0.25, -0.2) is 0 Å². The van der Waals surface area contributed by atoms with E-state index in [1.54, 1.807) is 0 Å². The number of hydrogen-bond acceptors (Lipinski definition) is 2. The van der Waals surface area contributed by atoms with Gasteiger partial charge in [-0.1, -0.05) is 176 Å². The summed E-state index contributed by atoms with van der Waals surface area (Å²) in [5, 5.41) is 7.80. The molecule has 2 aliphatic rings. The number of fused-ring (bicyclic) bond motifs is 7. The molecule has 0 spiro atoms. The van der Waals surface area contributed by atoms with Gasteiger partial charge in [0, 0.05) is 32.9 Å². The quantitative estimate of drug-likeness (QED) is 0.125. The van der Waals surface area contributed by atoms with Crippen molar-refractivity contribution in [2.75, 3.05) is 0 Å². The Hall–Kier alpha value is -7.34. The highest BCUT2D eigenvalue weighted by Crippen LogP contribution is 2.40. The van der Waals surface area contributed by atoms with E-state index in [2.05, 4.69) is 223 Å². The summed E-state index contributed by atoms with van der Waals surface area (Å²) in [5.41, 5.74) is 10.1. The molecule has 0 aliphatic carbocycles. The summed E-state index contributed by atoms with van der Waals surface area (Å²) in [5.74, 6) is 2.57. The molecule has 0 amide bonds. The largest absolute Gasteiger partial charge is 0.551 e. The average molecular weight is 770 g/mol. The van der Waals surface area contributed by atoms with E-state index in [4.69, 9.17) is 9.39 Å². The topological polar surface area (TPSA) is 23.4 Å². The molecule has 3 nitrogen and oxygen atoms in total. The van der Waals surface area contributed by atoms with Crippen molar-refractivity contribution in [2.45, 2.75) is 0 Å². The molecule has 0 fully saturated rings. The number of hydrogen-bond donors (Lipinski definition) is 0. The predicted octanol–water partition coefficient (Wildman–Crippen LogP) is 9.10. The van der Waals surface area contributed by atoms with Gasteiger partial charge in [-0.2, -0.15) is 0 Å². The smallest absolute Gasteiger partial charge is 0.434 e. The van der Waals surface area contributed by atoms with Crippen LogP contribution in [0.2, 0.25) is 0 Å². The molecule has 10 aromatic rings. The van der Waals surface area contributed by atoms with Gasteiger partial charge in [0.2, 0.25) is 0 Å². The van der Waals surface area contributed by atoms with Crippen LogP contribution in [0.3, 0.4) is 0 Å². The third-order valence-corrected chi connectivity index (χ3v) is 17.2. The van der Waals surface area contributed by atoms with E-state index in [1.807, 2.05) is 0 Å². The van der Waals surface area contributed by atoms with E-state index in [0.717, 1.165) is 56.1 Å². The molecular formula is C54H36BNO2Si. The summed E-state index contributed by atoms with van der Waals surface area (Å²) >= 11 is 0. The monoisotopic (exact) mass is 769 g/mol. The number of rotatable bonds is 6. The Balaban J connectivity index is 0.976. The number of para-hydroxylation sites is 2. The van der Waals surface area contributed by atoms with Crippen LogP contribution in [0, 0.1) is 0 Å². The van der Waals surface area contributed by atoms with Crippen LogP contribution in [-0.2, 0) is 0 Å². The van der Waals surface area contributed by atoms with E-state index in [0.29, 0.717) is 0 Å². The van der Waals surface area contributed by atoms with E-state index in [-0.39, 0.29) is 6.92 Å². The van der Waals surface area contributed by atoms with Crippen LogP contribution in [0.25, 0.3) is 49.7 Å². The van der Waals surface area contributed by atoms with Crippen molar-refractivity contribution in [3.05, 3.63) is 218 Å². The number of aromatic nitrogens is 1. The maximum absolute atomic E-state index is 7.29. The highest BCUT2D eigenvalue weighted by Gasteiger charge is 2.44. The van der Waals surface area contributed by atoms with Crippen molar-refractivity contribution >= 4 is 68.5 Å². The van der Waals surface area contributed by atoms with Crippen LogP contribution in [0.15, 0.2) is 218 Å². The lowest BCUT2D eigenvalue weighted by Crippen LogP contribution is -2.74. The third kappa shape index (κ3) is 5.15. The zero-order chi connectivity index (χ0) is 38.9. The molecule has 1 aromatic heterocycles. The fourth-order valence-corrected chi connectivity index (χ4v) is 14.6. The minimum atomic E-state index is -2.77. The predicted molar refractivity (Wildman–Crippen MR) is 247 cm³/mol. The zero-order valence-corrected chi connectivity index (χ0v) is 33.1. The van der Waals surface area contributed by atoms with Crippen LogP contribution in [-0.4, -0.2) is 19.6 Å². The minimum Gasteiger partial charge on any atom is -0.551 e. The first-order chi connectivity index (χ1) is 29.3. The van der Waals surface area contributed by atoms with Crippen LogP contribution in [0.5, 0.6) is 17.2 Å². The van der Waals surface area contributed by atoms with Gasteiger partial charge >= 0.3 is 6.92 Å². The second-order valence-electron chi connectivity index (χ2n) is 15.5. The lowest BCUT2D eigenvalue weighted by Gasteiger charge is -2.37. The fraction of sp³-hybridized carbons (Fsp3) is 0. The molecule has 0 saturated heterocycles. The molecule has 0 N–H and O–H groups in total. The first kappa shape index (κ1) is 33.8. The summed E-state index contributed by atoms with van der Waals surface area (Å²) in [4.78, 5) is 0. The molecule has 0 unspecified atom stereocenters. The van der Waals surface area contributed by atoms with Gasteiger partial charge in [-0.3, -0.25) is 0 Å². The Bertz CT molecular complexity index is 3070. The Morgan fingerprint density at radius 2 is 0.966 bits per heavy atom. The molecule has 0 atom stereocenters. The zero-order valence-electron chi connectivity index (χ0n) is 32.1. The van der Waals surface area contributed by atoms with Crippen molar-refractivity contribution < 1.29 is 9.39 Å². The maximum Gasteiger partial charge on any atom is 0.434 e. The molecule has 0 radical (unpaired) electrons. The van der Waals surface area contributed by atoms with Crippen molar-refractivity contribution in [3.63, 3.8) is 0 Å². The maximum atomic E-state index is 7.29. The summed E-state index contributed by atoms with van der Waals surface area (Å²) < 4.78 is 16.3. The van der Waals surface area contributed by atoms with E-state index in [1.165, 1.54) is 42.6 Å². The third-order valence-electron chi connectivity index (χ3n) is 12.4. The van der Waals surface area contributed by atoms with Gasteiger partial charge in [0.15, 0.2) is 8.07 Å². The lowest BCUT2D eigenvalue weighted by molar-refractivity contribution is 0.479. The van der Waals surface area contributed by atoms with Gasteiger partial charge in [-0.05, 0) is 79.9 Å². The van der Waals surface area contributed by atoms with Gasteiger partial charge in [0.25, 0.3) is 0 Å². The molecule has 9 aromatic carbocycles. The van der Waals surface area contributed by atoms with Crippen molar-refractivity contribution in [1.82, 2.24) is 4.57 Å². The summed E-state index contributed by atoms with van der Waals surface area (Å²) in [6.45, 7) is -0.328. The molecule has 5 heteroatoms. The SMILES string of the molecule is c1ccc([Si](c2ccccc2)(c2ccccc2)c2ccc3c(c2)OB2c4cc(-c5ccc(-n6c7ccccc7c7ccccc76)cc5)ccc4Oc4cccc-3c42)cc1. The van der Waals surface area contributed by atoms with Gasteiger partial charge in [0.1, 0.15) is 17.2 Å². The van der Waals surface area contributed by atoms with Crippen LogP contribution in [0.4, 0.5) is 0 Å². The molecule has 0 saturated carbocycles. The Kier molecular flexibility index (Phi) is 7.65. The lowest BCUT2D eigenvalue weighted by atomic mass is 9.50. The molecule has 12 rings (SSSR count). The van der Waals surface area contributed by atoms with E-state index < -0.39 is 8.07 Å². The standard InChI is InChI=1S/C54H36BNO2Si/c1-4-15-40(16-5-1)59(41-17-6-2-7-18-41,42-19-8-3-9-20-42)43-32-33-46-47-23-14-26-52-54(47)55(58-53(46)36-43)48-35-38(29-34-51(48)57-52)37-27-30-39(31-28-37)56-49-24-12-10-21-44(49)45-22-11-13-25-50(45)56/h1-36H. The molecule has 276 valence electrons.